The Morgan fingerprint density at radius 1 is 1.20 bits per heavy atom. The molecular formula is C15H20BrIN2O. The van der Waals surface area contributed by atoms with Gasteiger partial charge in [0.2, 0.25) is 0 Å². The molecule has 1 aliphatic heterocycles. The molecule has 0 unspecified atom stereocenters. The summed E-state index contributed by atoms with van der Waals surface area (Å²) in [6.07, 6.45) is 0. The van der Waals surface area contributed by atoms with Crippen LogP contribution in [0.15, 0.2) is 22.7 Å². The highest BCUT2D eigenvalue weighted by molar-refractivity contribution is 14.1. The molecule has 5 heteroatoms. The molecule has 0 aromatic heterocycles. The third-order valence-corrected chi connectivity index (χ3v) is 5.04. The standard InChI is InChI=1S/C15H20BrIN2O/c1-15(2,3)19-8-6-18(7-9-19)14(20)12-10-11(17)4-5-13(12)16/h4-5,10H,6-9H2,1-3H3. The fourth-order valence-electron chi connectivity index (χ4n) is 2.41. The minimum absolute atomic E-state index is 0.129. The molecule has 0 radical (unpaired) electrons. The van der Waals surface area contributed by atoms with Gasteiger partial charge in [-0.1, -0.05) is 0 Å². The van der Waals surface area contributed by atoms with E-state index < -0.39 is 0 Å². The summed E-state index contributed by atoms with van der Waals surface area (Å²) in [7, 11) is 0. The van der Waals surface area contributed by atoms with Gasteiger partial charge in [0.05, 0.1) is 5.56 Å². The van der Waals surface area contributed by atoms with Crippen molar-refractivity contribution in [3.8, 4) is 0 Å². The van der Waals surface area contributed by atoms with Crippen LogP contribution in [-0.4, -0.2) is 47.4 Å². The number of hydrogen-bond donors (Lipinski definition) is 0. The molecule has 0 spiro atoms. The van der Waals surface area contributed by atoms with Crippen molar-refractivity contribution in [2.45, 2.75) is 26.3 Å². The van der Waals surface area contributed by atoms with Gasteiger partial charge in [0.25, 0.3) is 5.91 Å². The summed E-state index contributed by atoms with van der Waals surface area (Å²) in [4.78, 5) is 17.0. The predicted molar refractivity (Wildman–Crippen MR) is 94.1 cm³/mol. The smallest absolute Gasteiger partial charge is 0.255 e. The van der Waals surface area contributed by atoms with E-state index in [1.165, 1.54) is 0 Å². The molecule has 2 rings (SSSR count). The molecule has 1 aromatic carbocycles. The number of halogens is 2. The average Bonchev–Trinajstić information content (AvgIpc) is 2.40. The summed E-state index contributed by atoms with van der Waals surface area (Å²) in [5.41, 5.74) is 0.943. The molecule has 1 fully saturated rings. The van der Waals surface area contributed by atoms with Crippen LogP contribution in [0.3, 0.4) is 0 Å². The Bertz CT molecular complexity index is 505. The van der Waals surface area contributed by atoms with E-state index >= 15 is 0 Å². The van der Waals surface area contributed by atoms with Crippen LogP contribution in [0.2, 0.25) is 0 Å². The van der Waals surface area contributed by atoms with Gasteiger partial charge in [0.1, 0.15) is 0 Å². The molecule has 20 heavy (non-hydrogen) atoms. The van der Waals surface area contributed by atoms with Crippen LogP contribution in [0, 0.1) is 3.57 Å². The SMILES string of the molecule is CC(C)(C)N1CCN(C(=O)c2cc(I)ccc2Br)CC1. The number of hydrogen-bond acceptors (Lipinski definition) is 2. The highest BCUT2D eigenvalue weighted by Gasteiger charge is 2.28. The van der Waals surface area contributed by atoms with Crippen molar-refractivity contribution in [2.75, 3.05) is 26.2 Å². The van der Waals surface area contributed by atoms with Crippen molar-refractivity contribution in [1.82, 2.24) is 9.80 Å². The van der Waals surface area contributed by atoms with E-state index in [0.717, 1.165) is 39.8 Å². The number of rotatable bonds is 1. The molecule has 3 nitrogen and oxygen atoms in total. The summed E-state index contributed by atoms with van der Waals surface area (Å²) in [5, 5.41) is 0. The zero-order chi connectivity index (χ0) is 14.9. The number of carbonyl (C=O) groups excluding carboxylic acids is 1. The maximum absolute atomic E-state index is 12.6. The first kappa shape index (κ1) is 16.2. The zero-order valence-electron chi connectivity index (χ0n) is 12.1. The Hall–Kier alpha value is -0.140. The fourth-order valence-corrected chi connectivity index (χ4v) is 3.32. The van der Waals surface area contributed by atoms with Crippen LogP contribution in [0.4, 0.5) is 0 Å². The summed E-state index contributed by atoms with van der Waals surface area (Å²) in [6.45, 7) is 10.2. The van der Waals surface area contributed by atoms with Gasteiger partial charge in [-0.25, -0.2) is 0 Å². The minimum Gasteiger partial charge on any atom is -0.336 e. The van der Waals surface area contributed by atoms with Gasteiger partial charge in [-0.2, -0.15) is 0 Å². The lowest BCUT2D eigenvalue weighted by Gasteiger charge is -2.42. The van der Waals surface area contributed by atoms with Gasteiger partial charge in [0, 0.05) is 39.8 Å². The third kappa shape index (κ3) is 3.74. The molecule has 0 bridgehead atoms. The second-order valence-electron chi connectivity index (χ2n) is 6.07. The fraction of sp³-hybridized carbons (Fsp3) is 0.533. The van der Waals surface area contributed by atoms with Crippen molar-refractivity contribution in [1.29, 1.82) is 0 Å². The number of nitrogens with zero attached hydrogens (tertiary/aromatic N) is 2. The molecule has 1 heterocycles. The second kappa shape index (κ2) is 6.32. The van der Waals surface area contributed by atoms with Gasteiger partial charge in [-0.3, -0.25) is 9.69 Å². The van der Waals surface area contributed by atoms with Crippen LogP contribution in [0.25, 0.3) is 0 Å². The molecule has 0 saturated carbocycles. The van der Waals surface area contributed by atoms with Crippen molar-refractivity contribution in [3.05, 3.63) is 31.8 Å². The van der Waals surface area contributed by atoms with Gasteiger partial charge in [0.15, 0.2) is 0 Å². The Morgan fingerprint density at radius 2 is 1.80 bits per heavy atom. The van der Waals surface area contributed by atoms with E-state index in [1.54, 1.807) is 0 Å². The second-order valence-corrected chi connectivity index (χ2v) is 8.17. The van der Waals surface area contributed by atoms with E-state index in [4.69, 9.17) is 0 Å². The first-order valence-corrected chi connectivity index (χ1v) is 8.65. The molecule has 0 N–H and O–H groups in total. The molecule has 110 valence electrons. The van der Waals surface area contributed by atoms with E-state index in [1.807, 2.05) is 23.1 Å². The maximum Gasteiger partial charge on any atom is 0.255 e. The average molecular weight is 451 g/mol. The molecule has 1 amide bonds. The third-order valence-electron chi connectivity index (χ3n) is 3.67. The molecule has 1 saturated heterocycles. The topological polar surface area (TPSA) is 23.6 Å². The van der Waals surface area contributed by atoms with Crippen LogP contribution in [0.5, 0.6) is 0 Å². The van der Waals surface area contributed by atoms with E-state index in [0.29, 0.717) is 0 Å². The Kier molecular flexibility index (Phi) is 5.13. The highest BCUT2D eigenvalue weighted by Crippen LogP contribution is 2.23. The van der Waals surface area contributed by atoms with Crippen molar-refractivity contribution < 1.29 is 4.79 Å². The quantitative estimate of drug-likeness (QED) is 0.610. The van der Waals surface area contributed by atoms with Gasteiger partial charge >= 0.3 is 0 Å². The minimum atomic E-state index is 0.129. The highest BCUT2D eigenvalue weighted by atomic mass is 127. The monoisotopic (exact) mass is 450 g/mol. The number of piperazine rings is 1. The van der Waals surface area contributed by atoms with Crippen LogP contribution in [0.1, 0.15) is 31.1 Å². The number of carbonyl (C=O) groups is 1. The first-order valence-electron chi connectivity index (χ1n) is 6.78. The number of benzene rings is 1. The molecule has 0 aliphatic carbocycles. The van der Waals surface area contributed by atoms with E-state index in [9.17, 15) is 4.79 Å². The molecule has 1 aromatic rings. The molecule has 0 atom stereocenters. The largest absolute Gasteiger partial charge is 0.336 e. The predicted octanol–water partition coefficient (Wildman–Crippen LogP) is 3.61. The van der Waals surface area contributed by atoms with Gasteiger partial charge < -0.3 is 4.90 Å². The van der Waals surface area contributed by atoms with Crippen molar-refractivity contribution in [2.24, 2.45) is 0 Å². The van der Waals surface area contributed by atoms with Gasteiger partial charge in [-0.05, 0) is 77.5 Å². The van der Waals surface area contributed by atoms with Crippen LogP contribution >= 0.6 is 38.5 Å². The first-order chi connectivity index (χ1) is 9.29. The lowest BCUT2D eigenvalue weighted by atomic mass is 10.0. The summed E-state index contributed by atoms with van der Waals surface area (Å²) in [5.74, 6) is 0.129. The Morgan fingerprint density at radius 3 is 2.35 bits per heavy atom. The lowest BCUT2D eigenvalue weighted by molar-refractivity contribution is 0.0450. The lowest BCUT2D eigenvalue weighted by Crippen LogP contribution is -2.54. The van der Waals surface area contributed by atoms with Crippen molar-refractivity contribution in [3.63, 3.8) is 0 Å². The summed E-state index contributed by atoms with van der Waals surface area (Å²) < 4.78 is 1.96. The Labute approximate surface area is 143 Å². The van der Waals surface area contributed by atoms with Gasteiger partial charge in [-0.15, -0.1) is 0 Å². The zero-order valence-corrected chi connectivity index (χ0v) is 15.9. The summed E-state index contributed by atoms with van der Waals surface area (Å²) >= 11 is 5.72. The maximum atomic E-state index is 12.6. The normalized spacial score (nSPS) is 17.4. The van der Waals surface area contributed by atoms with E-state index in [2.05, 4.69) is 64.2 Å². The molecular weight excluding hydrogens is 431 g/mol. The summed E-state index contributed by atoms with van der Waals surface area (Å²) in [6, 6.07) is 5.89. The van der Waals surface area contributed by atoms with Crippen LogP contribution < -0.4 is 0 Å². The van der Waals surface area contributed by atoms with Crippen molar-refractivity contribution >= 4 is 44.4 Å². The molecule has 1 aliphatic rings. The van der Waals surface area contributed by atoms with E-state index in [-0.39, 0.29) is 11.4 Å². The van der Waals surface area contributed by atoms with Crippen LogP contribution in [-0.2, 0) is 0 Å². The number of amides is 1. The Balaban J connectivity index is 2.07.